The number of alkyl halides is 3. The van der Waals surface area contributed by atoms with Crippen molar-refractivity contribution >= 4 is 23.2 Å². The summed E-state index contributed by atoms with van der Waals surface area (Å²) in [5.74, 6) is 0.0347. The van der Waals surface area contributed by atoms with Crippen LogP contribution >= 0.6 is 0 Å². The number of aromatic amines is 1. The van der Waals surface area contributed by atoms with Crippen molar-refractivity contribution in [2.45, 2.75) is 84.6 Å². The van der Waals surface area contributed by atoms with Crippen LogP contribution in [0.15, 0.2) is 46.3 Å². The summed E-state index contributed by atoms with van der Waals surface area (Å²) in [6, 6.07) is 8.98. The minimum absolute atomic E-state index is 0.0295. The lowest BCUT2D eigenvalue weighted by molar-refractivity contribution is -0.173. The number of anilines is 1. The lowest BCUT2D eigenvalue weighted by Gasteiger charge is -2.29. The molecule has 0 unspecified atom stereocenters. The molecule has 1 aliphatic rings. The SMILES string of the molecule is CC.CC(C)(C)OC(=O)[C@@H]1CC[C@H](CCC#N)CO1.NC(=Nc1ccc(CC(F)(F)F)cc1)c1c(N)cc[nH]c1=O. The molecule has 1 saturated heterocycles. The zero-order valence-corrected chi connectivity index (χ0v) is 24.2. The summed E-state index contributed by atoms with van der Waals surface area (Å²) in [4.78, 5) is 29.8. The monoisotopic (exact) mass is 579 g/mol. The van der Waals surface area contributed by atoms with Crippen LogP contribution in [0.1, 0.15) is 71.4 Å². The van der Waals surface area contributed by atoms with Gasteiger partial charge >= 0.3 is 12.1 Å². The number of aliphatic imine (C=N–C) groups is 1. The molecule has 0 radical (unpaired) electrons. The van der Waals surface area contributed by atoms with Gasteiger partial charge in [-0.2, -0.15) is 18.4 Å². The minimum Gasteiger partial charge on any atom is -0.458 e. The lowest BCUT2D eigenvalue weighted by atomic mass is 9.94. The third kappa shape index (κ3) is 13.4. The van der Waals surface area contributed by atoms with Crippen molar-refractivity contribution in [3.63, 3.8) is 0 Å². The van der Waals surface area contributed by atoms with Crippen LogP contribution < -0.4 is 17.0 Å². The molecule has 1 aromatic carbocycles. The Bertz CT molecular complexity index is 1220. The number of hydrogen-bond donors (Lipinski definition) is 3. The van der Waals surface area contributed by atoms with E-state index in [0.29, 0.717) is 31.1 Å². The van der Waals surface area contributed by atoms with Gasteiger partial charge in [0.05, 0.1) is 24.8 Å². The maximum Gasteiger partial charge on any atom is 0.393 e. The van der Waals surface area contributed by atoms with E-state index in [4.69, 9.17) is 26.2 Å². The predicted molar refractivity (Wildman–Crippen MR) is 153 cm³/mol. The molecule has 1 aromatic heterocycles. The van der Waals surface area contributed by atoms with Gasteiger partial charge < -0.3 is 25.9 Å². The van der Waals surface area contributed by atoms with Gasteiger partial charge in [0, 0.05) is 18.3 Å². The number of nitrogens with one attached hydrogen (secondary N) is 1. The third-order valence-electron chi connectivity index (χ3n) is 5.54. The number of halogens is 3. The highest BCUT2D eigenvalue weighted by atomic mass is 19.4. The maximum absolute atomic E-state index is 12.3. The Morgan fingerprint density at radius 3 is 2.29 bits per heavy atom. The fourth-order valence-electron chi connectivity index (χ4n) is 3.73. The molecule has 9 nitrogen and oxygen atoms in total. The van der Waals surface area contributed by atoms with Crippen molar-refractivity contribution in [3.05, 3.63) is 58.0 Å². The number of rotatable bonds is 6. The second kappa shape index (κ2) is 16.4. The number of hydrogen-bond acceptors (Lipinski definition) is 7. The molecule has 226 valence electrons. The van der Waals surface area contributed by atoms with E-state index < -0.39 is 29.9 Å². The molecule has 0 amide bonds. The Kier molecular flexibility index (Phi) is 14.1. The molecule has 2 aromatic rings. The molecule has 1 fully saturated rings. The summed E-state index contributed by atoms with van der Waals surface area (Å²) >= 11 is 0. The van der Waals surface area contributed by atoms with Crippen molar-refractivity contribution in [2.24, 2.45) is 16.6 Å². The van der Waals surface area contributed by atoms with Crippen LogP contribution in [0.5, 0.6) is 0 Å². The Morgan fingerprint density at radius 2 is 1.80 bits per heavy atom. The van der Waals surface area contributed by atoms with Crippen molar-refractivity contribution in [1.29, 1.82) is 5.26 Å². The second-order valence-corrected chi connectivity index (χ2v) is 10.1. The van der Waals surface area contributed by atoms with Gasteiger partial charge in [-0.05, 0) is 69.7 Å². The number of nitrogens with zero attached hydrogens (tertiary/aromatic N) is 2. The van der Waals surface area contributed by atoms with E-state index in [9.17, 15) is 22.8 Å². The highest BCUT2D eigenvalue weighted by molar-refractivity contribution is 6.02. The molecule has 12 heteroatoms. The van der Waals surface area contributed by atoms with Gasteiger partial charge in [-0.25, -0.2) is 9.79 Å². The molecular weight excluding hydrogens is 539 g/mol. The normalized spacial score (nSPS) is 17.2. The van der Waals surface area contributed by atoms with Crippen LogP contribution in [0.25, 0.3) is 0 Å². The fraction of sp³-hybridized carbons (Fsp3) is 0.517. The third-order valence-corrected chi connectivity index (χ3v) is 5.54. The Balaban J connectivity index is 0.000000399. The highest BCUT2D eigenvalue weighted by Gasteiger charge is 2.30. The molecule has 1 aliphatic heterocycles. The molecule has 2 atom stereocenters. The summed E-state index contributed by atoms with van der Waals surface area (Å²) in [6.45, 7) is 10.1. The van der Waals surface area contributed by atoms with Crippen LogP contribution in [-0.4, -0.2) is 41.3 Å². The summed E-state index contributed by atoms with van der Waals surface area (Å²) in [7, 11) is 0. The van der Waals surface area contributed by atoms with E-state index in [2.05, 4.69) is 16.0 Å². The fourth-order valence-corrected chi connectivity index (χ4v) is 3.73. The van der Waals surface area contributed by atoms with Crippen molar-refractivity contribution in [1.82, 2.24) is 4.98 Å². The zero-order valence-electron chi connectivity index (χ0n) is 24.2. The number of benzene rings is 1. The smallest absolute Gasteiger partial charge is 0.393 e. The van der Waals surface area contributed by atoms with Gasteiger partial charge in [-0.3, -0.25) is 4.79 Å². The number of nitrogen functional groups attached to an aromatic ring is 1. The topological polar surface area (TPSA) is 157 Å². The first kappa shape index (κ1) is 35.2. The molecule has 3 rings (SSSR count). The Morgan fingerprint density at radius 1 is 1.17 bits per heavy atom. The average molecular weight is 580 g/mol. The number of carbonyl (C=O) groups excluding carboxylic acids is 1. The van der Waals surface area contributed by atoms with Gasteiger partial charge in [0.25, 0.3) is 5.56 Å². The predicted octanol–water partition coefficient (Wildman–Crippen LogP) is 5.55. The van der Waals surface area contributed by atoms with E-state index in [-0.39, 0.29) is 28.6 Å². The summed E-state index contributed by atoms with van der Waals surface area (Å²) in [6.07, 6.45) is -1.28. The first-order chi connectivity index (χ1) is 19.2. The molecule has 5 N–H and O–H groups in total. The standard InChI is InChI=1S/C14H13F3N4O.C13H21NO3.C2H6/c15-14(16,17)7-8-1-3-9(4-2-8)21-12(19)11-10(18)5-6-20-13(11)22;1-13(2,3)17-12(15)11-7-6-10(9-16-11)5-4-8-14;1-2/h1-6H,7H2,(H2,19,21)(H3,18,20,22);10-11H,4-7,9H2,1-3H3;1-2H3/t;10-,11-;/m.0./s1. The van der Waals surface area contributed by atoms with Gasteiger partial charge in [-0.1, -0.05) is 26.0 Å². The van der Waals surface area contributed by atoms with Crippen LogP contribution in [0, 0.1) is 17.2 Å². The average Bonchev–Trinajstić information content (AvgIpc) is 2.88. The largest absolute Gasteiger partial charge is 0.458 e. The quantitative estimate of drug-likeness (QED) is 0.230. The number of esters is 1. The minimum atomic E-state index is -4.27. The Hall–Kier alpha value is -3.85. The highest BCUT2D eigenvalue weighted by Crippen LogP contribution is 2.25. The number of nitrogens with two attached hydrogens (primary N) is 2. The Labute approximate surface area is 238 Å². The molecule has 2 heterocycles. The molecule has 0 aliphatic carbocycles. The number of carbonyl (C=O) groups is 1. The van der Waals surface area contributed by atoms with E-state index >= 15 is 0 Å². The van der Waals surface area contributed by atoms with E-state index in [0.717, 1.165) is 12.8 Å². The van der Waals surface area contributed by atoms with E-state index in [1.165, 1.54) is 36.5 Å². The summed E-state index contributed by atoms with van der Waals surface area (Å²) in [5, 5.41) is 8.50. The number of pyridine rings is 1. The van der Waals surface area contributed by atoms with Crippen molar-refractivity contribution in [3.8, 4) is 6.07 Å². The van der Waals surface area contributed by atoms with Gasteiger partial charge in [0.1, 0.15) is 17.0 Å². The molecule has 0 spiro atoms. The van der Waals surface area contributed by atoms with Gasteiger partial charge in [-0.15, -0.1) is 0 Å². The van der Waals surface area contributed by atoms with Crippen LogP contribution in [0.3, 0.4) is 0 Å². The maximum atomic E-state index is 12.3. The zero-order chi connectivity index (χ0) is 31.2. The second-order valence-electron chi connectivity index (χ2n) is 10.1. The van der Waals surface area contributed by atoms with Crippen molar-refractivity contribution < 1.29 is 27.4 Å². The van der Waals surface area contributed by atoms with Crippen LogP contribution in [0.4, 0.5) is 24.5 Å². The first-order valence-corrected chi connectivity index (χ1v) is 13.4. The van der Waals surface area contributed by atoms with Crippen LogP contribution in [0.2, 0.25) is 0 Å². The summed E-state index contributed by atoms with van der Waals surface area (Å²) < 4.78 is 47.6. The van der Waals surface area contributed by atoms with Crippen molar-refractivity contribution in [2.75, 3.05) is 12.3 Å². The number of H-pyrrole nitrogens is 1. The molecular formula is C29H40F3N5O4. The molecule has 41 heavy (non-hydrogen) atoms. The number of amidine groups is 1. The molecule has 0 bridgehead atoms. The number of aromatic nitrogens is 1. The van der Waals surface area contributed by atoms with Crippen LogP contribution in [-0.2, 0) is 20.7 Å². The summed E-state index contributed by atoms with van der Waals surface area (Å²) in [5.41, 5.74) is 11.1. The van der Waals surface area contributed by atoms with Gasteiger partial charge in [0.2, 0.25) is 0 Å². The molecule has 0 saturated carbocycles. The van der Waals surface area contributed by atoms with E-state index in [1.54, 1.807) is 0 Å². The van der Waals surface area contributed by atoms with E-state index in [1.807, 2.05) is 34.6 Å². The first-order valence-electron chi connectivity index (χ1n) is 13.4. The number of ether oxygens (including phenoxy) is 2. The number of nitriles is 1. The van der Waals surface area contributed by atoms with Gasteiger partial charge in [0.15, 0.2) is 6.10 Å². The lowest BCUT2D eigenvalue weighted by Crippen LogP contribution is -2.37.